The molecule has 0 amide bonds. The highest BCUT2D eigenvalue weighted by Gasteiger charge is 2.14. The lowest BCUT2D eigenvalue weighted by Crippen LogP contribution is -2.32. The normalized spacial score (nSPS) is 20.5. The summed E-state index contributed by atoms with van der Waals surface area (Å²) in [4.78, 5) is 2.51. The lowest BCUT2D eigenvalue weighted by molar-refractivity contribution is 0.120. The molecule has 1 aliphatic heterocycles. The van der Waals surface area contributed by atoms with Crippen molar-refractivity contribution >= 4 is 0 Å². The van der Waals surface area contributed by atoms with Crippen molar-refractivity contribution in [3.05, 3.63) is 0 Å². The Morgan fingerprint density at radius 1 is 1.06 bits per heavy atom. The van der Waals surface area contributed by atoms with Crippen LogP contribution in [0.2, 0.25) is 0 Å². The third-order valence-corrected chi connectivity index (χ3v) is 3.69. The second-order valence-electron chi connectivity index (χ2n) is 6.80. The van der Waals surface area contributed by atoms with Gasteiger partial charge in [0.1, 0.15) is 0 Å². The van der Waals surface area contributed by atoms with Crippen LogP contribution < -0.4 is 0 Å². The number of rotatable bonds is 6. The van der Waals surface area contributed by atoms with E-state index in [9.17, 15) is 5.11 Å². The molecule has 0 unspecified atom stereocenters. The Hall–Kier alpha value is -0.0800. The average Bonchev–Trinajstić information content (AvgIpc) is 2.26. The topological polar surface area (TPSA) is 23.5 Å². The van der Waals surface area contributed by atoms with Gasteiger partial charge in [0.05, 0.1) is 6.10 Å². The second-order valence-corrected chi connectivity index (χ2v) is 6.80. The maximum atomic E-state index is 9.95. The minimum atomic E-state index is -0.0840. The zero-order valence-corrected chi connectivity index (χ0v) is 12.0. The lowest BCUT2D eigenvalue weighted by atomic mass is 9.89. The fraction of sp³-hybridized carbons (Fsp3) is 1.00. The Morgan fingerprint density at radius 2 is 1.71 bits per heavy atom. The van der Waals surface area contributed by atoms with E-state index in [-0.39, 0.29) is 6.10 Å². The summed E-state index contributed by atoms with van der Waals surface area (Å²) in [7, 11) is 0. The summed E-state index contributed by atoms with van der Waals surface area (Å²) in [5, 5.41) is 9.95. The lowest BCUT2D eigenvalue weighted by Gasteiger charge is -2.27. The molecule has 2 heteroatoms. The first-order valence-corrected chi connectivity index (χ1v) is 7.38. The molecule has 1 heterocycles. The fourth-order valence-corrected chi connectivity index (χ4v) is 2.53. The summed E-state index contributed by atoms with van der Waals surface area (Å²) >= 11 is 0. The summed E-state index contributed by atoms with van der Waals surface area (Å²) in [5.41, 5.74) is 0.409. The highest BCUT2D eigenvalue weighted by Crippen LogP contribution is 2.22. The number of hydrogen-bond acceptors (Lipinski definition) is 2. The van der Waals surface area contributed by atoms with E-state index in [0.29, 0.717) is 5.41 Å². The molecule has 2 nitrogen and oxygen atoms in total. The van der Waals surface area contributed by atoms with E-state index in [2.05, 4.69) is 25.7 Å². The third kappa shape index (κ3) is 7.77. The number of aliphatic hydroxyl groups excluding tert-OH is 1. The van der Waals surface area contributed by atoms with Crippen molar-refractivity contribution in [1.82, 2.24) is 4.90 Å². The van der Waals surface area contributed by atoms with Gasteiger partial charge >= 0.3 is 0 Å². The highest BCUT2D eigenvalue weighted by atomic mass is 16.3. The Balaban J connectivity index is 2.02. The van der Waals surface area contributed by atoms with E-state index in [4.69, 9.17) is 0 Å². The molecular formula is C15H31NO. The summed E-state index contributed by atoms with van der Waals surface area (Å²) < 4.78 is 0. The molecule has 0 aromatic heterocycles. The summed E-state index contributed by atoms with van der Waals surface area (Å²) in [6.45, 7) is 10.4. The first-order valence-electron chi connectivity index (χ1n) is 7.38. The van der Waals surface area contributed by atoms with Crippen molar-refractivity contribution in [2.45, 2.75) is 71.8 Å². The van der Waals surface area contributed by atoms with Gasteiger partial charge in [0.2, 0.25) is 0 Å². The van der Waals surface area contributed by atoms with Crippen molar-refractivity contribution in [2.75, 3.05) is 19.6 Å². The minimum Gasteiger partial charge on any atom is -0.393 e. The minimum absolute atomic E-state index is 0.0840. The predicted molar refractivity (Wildman–Crippen MR) is 74.2 cm³/mol. The summed E-state index contributed by atoms with van der Waals surface area (Å²) in [6.07, 6.45) is 8.32. The van der Waals surface area contributed by atoms with Crippen LogP contribution in [-0.4, -0.2) is 35.7 Å². The first-order chi connectivity index (χ1) is 7.97. The van der Waals surface area contributed by atoms with Crippen LogP contribution in [0, 0.1) is 5.41 Å². The van der Waals surface area contributed by atoms with Crippen molar-refractivity contribution in [3.8, 4) is 0 Å². The Labute approximate surface area is 107 Å². The van der Waals surface area contributed by atoms with Crippen LogP contribution in [0.25, 0.3) is 0 Å². The summed E-state index contributed by atoms with van der Waals surface area (Å²) in [6, 6.07) is 0. The van der Waals surface area contributed by atoms with Crippen molar-refractivity contribution < 1.29 is 5.11 Å². The molecule has 0 spiro atoms. The average molecular weight is 241 g/mol. The SMILES string of the molecule is CC(C)(C)CCC[C@H](O)CCN1CCCCC1. The molecule has 17 heavy (non-hydrogen) atoms. The van der Waals surface area contributed by atoms with Gasteiger partial charge in [0, 0.05) is 6.54 Å². The molecule has 1 fully saturated rings. The quantitative estimate of drug-likeness (QED) is 0.770. The van der Waals surface area contributed by atoms with E-state index in [1.54, 1.807) is 0 Å². The molecule has 0 bridgehead atoms. The van der Waals surface area contributed by atoms with Crippen LogP contribution in [0.5, 0.6) is 0 Å². The third-order valence-electron chi connectivity index (χ3n) is 3.69. The van der Waals surface area contributed by atoms with Gasteiger partial charge in [-0.2, -0.15) is 0 Å². The van der Waals surface area contributed by atoms with Gasteiger partial charge < -0.3 is 10.0 Å². The van der Waals surface area contributed by atoms with Crippen LogP contribution in [0.3, 0.4) is 0 Å². The molecule has 0 aromatic rings. The number of hydrogen-bond donors (Lipinski definition) is 1. The monoisotopic (exact) mass is 241 g/mol. The first kappa shape index (κ1) is 15.0. The van der Waals surface area contributed by atoms with Gasteiger partial charge in [-0.15, -0.1) is 0 Å². The zero-order valence-electron chi connectivity index (χ0n) is 12.0. The maximum absolute atomic E-state index is 9.95. The molecular weight excluding hydrogens is 210 g/mol. The van der Waals surface area contributed by atoms with E-state index >= 15 is 0 Å². The van der Waals surface area contributed by atoms with Crippen molar-refractivity contribution in [1.29, 1.82) is 0 Å². The predicted octanol–water partition coefficient (Wildman–Crippen LogP) is 3.44. The van der Waals surface area contributed by atoms with Crippen LogP contribution in [0.1, 0.15) is 65.7 Å². The smallest absolute Gasteiger partial charge is 0.0552 e. The Bertz CT molecular complexity index is 192. The number of piperidine rings is 1. The second kappa shape index (κ2) is 7.38. The van der Waals surface area contributed by atoms with Gasteiger partial charge in [-0.3, -0.25) is 0 Å². The fourth-order valence-electron chi connectivity index (χ4n) is 2.53. The van der Waals surface area contributed by atoms with Gasteiger partial charge in [-0.05, 0) is 50.6 Å². The molecule has 1 aliphatic rings. The number of aliphatic hydroxyl groups is 1. The molecule has 102 valence electrons. The molecule has 1 saturated heterocycles. The molecule has 0 aromatic carbocycles. The molecule has 0 saturated carbocycles. The maximum Gasteiger partial charge on any atom is 0.0552 e. The van der Waals surface area contributed by atoms with E-state index < -0.39 is 0 Å². The van der Waals surface area contributed by atoms with E-state index in [0.717, 1.165) is 25.8 Å². The van der Waals surface area contributed by atoms with Crippen molar-refractivity contribution in [3.63, 3.8) is 0 Å². The van der Waals surface area contributed by atoms with E-state index in [1.807, 2.05) is 0 Å². The Kier molecular flexibility index (Phi) is 6.50. The molecule has 1 atom stereocenters. The van der Waals surface area contributed by atoms with Crippen LogP contribution in [0.15, 0.2) is 0 Å². The van der Waals surface area contributed by atoms with Gasteiger partial charge in [0.25, 0.3) is 0 Å². The summed E-state index contributed by atoms with van der Waals surface area (Å²) in [5.74, 6) is 0. The zero-order chi connectivity index (χ0) is 12.7. The van der Waals surface area contributed by atoms with Crippen LogP contribution in [0.4, 0.5) is 0 Å². The number of nitrogens with zero attached hydrogens (tertiary/aromatic N) is 1. The van der Waals surface area contributed by atoms with Gasteiger partial charge in [0.15, 0.2) is 0 Å². The highest BCUT2D eigenvalue weighted by molar-refractivity contribution is 4.68. The van der Waals surface area contributed by atoms with Gasteiger partial charge in [-0.25, -0.2) is 0 Å². The van der Waals surface area contributed by atoms with Crippen LogP contribution in [-0.2, 0) is 0 Å². The molecule has 1 rings (SSSR count). The molecule has 1 N–H and O–H groups in total. The Morgan fingerprint density at radius 3 is 2.29 bits per heavy atom. The van der Waals surface area contributed by atoms with Gasteiger partial charge in [-0.1, -0.05) is 33.6 Å². The number of likely N-dealkylation sites (tertiary alicyclic amines) is 1. The molecule has 0 aliphatic carbocycles. The van der Waals surface area contributed by atoms with E-state index in [1.165, 1.54) is 38.8 Å². The van der Waals surface area contributed by atoms with Crippen LogP contribution >= 0.6 is 0 Å². The molecule has 0 radical (unpaired) electrons. The largest absolute Gasteiger partial charge is 0.393 e. The van der Waals surface area contributed by atoms with Crippen molar-refractivity contribution in [2.24, 2.45) is 5.41 Å². The standard InChI is InChI=1S/C15H31NO/c1-15(2,3)10-7-8-14(17)9-13-16-11-5-4-6-12-16/h14,17H,4-13H2,1-3H3/t14-/m0/s1.